The van der Waals surface area contributed by atoms with Crippen molar-refractivity contribution < 1.29 is 17.7 Å². The number of nitrogens with one attached hydrogen (secondary N) is 1. The van der Waals surface area contributed by atoms with Gasteiger partial charge in [0, 0.05) is 0 Å². The molecule has 0 saturated carbocycles. The zero-order chi connectivity index (χ0) is 16.1. The molecule has 7 heteroatoms. The predicted molar refractivity (Wildman–Crippen MR) is 83.1 cm³/mol. The Kier molecular flexibility index (Phi) is 3.99. The molecular formula is C14H22BNO4S. The summed E-state index contributed by atoms with van der Waals surface area (Å²) in [6.45, 7) is 9.72. The quantitative estimate of drug-likeness (QED) is 0.852. The van der Waals surface area contributed by atoms with Crippen molar-refractivity contribution in [1.29, 1.82) is 0 Å². The number of hydrogen-bond acceptors (Lipinski definition) is 4. The van der Waals surface area contributed by atoms with Crippen molar-refractivity contribution in [1.82, 2.24) is 4.72 Å². The molecule has 5 nitrogen and oxygen atoms in total. The van der Waals surface area contributed by atoms with Gasteiger partial charge >= 0.3 is 7.12 Å². The van der Waals surface area contributed by atoms with Crippen LogP contribution < -0.4 is 10.2 Å². The molecule has 1 heterocycles. The van der Waals surface area contributed by atoms with Crippen LogP contribution in [0.5, 0.6) is 0 Å². The lowest BCUT2D eigenvalue weighted by Gasteiger charge is -2.32. The zero-order valence-corrected chi connectivity index (χ0v) is 14.2. The van der Waals surface area contributed by atoms with Gasteiger partial charge in [-0.1, -0.05) is 11.6 Å². The Morgan fingerprint density at radius 2 is 1.57 bits per heavy atom. The van der Waals surface area contributed by atoms with Crippen LogP contribution in [0.3, 0.4) is 0 Å². The fourth-order valence-corrected chi connectivity index (χ4v) is 3.03. The Hall–Kier alpha value is -0.885. The summed E-state index contributed by atoms with van der Waals surface area (Å²) in [5.74, 6) is 0. The monoisotopic (exact) mass is 311 g/mol. The molecule has 0 amide bonds. The summed E-state index contributed by atoms with van der Waals surface area (Å²) in [7, 11) is -2.67. The molecule has 1 aliphatic heterocycles. The van der Waals surface area contributed by atoms with E-state index in [2.05, 4.69) is 4.72 Å². The molecular weight excluding hydrogens is 289 g/mol. The van der Waals surface area contributed by atoms with Crippen LogP contribution in [0.15, 0.2) is 23.1 Å². The first-order valence-corrected chi connectivity index (χ1v) is 8.38. The average molecular weight is 311 g/mol. The highest BCUT2D eigenvalue weighted by Gasteiger charge is 2.51. The zero-order valence-electron chi connectivity index (χ0n) is 13.4. The van der Waals surface area contributed by atoms with E-state index in [4.69, 9.17) is 9.31 Å². The number of aryl methyl sites for hydroxylation is 1. The molecule has 116 valence electrons. The van der Waals surface area contributed by atoms with Crippen LogP contribution >= 0.6 is 0 Å². The number of benzene rings is 1. The van der Waals surface area contributed by atoms with Crippen LogP contribution in [0.1, 0.15) is 33.3 Å². The Labute approximate surface area is 127 Å². The highest BCUT2D eigenvalue weighted by atomic mass is 32.2. The summed E-state index contributed by atoms with van der Waals surface area (Å²) in [4.78, 5) is 0.217. The van der Waals surface area contributed by atoms with E-state index in [1.165, 1.54) is 7.05 Å². The van der Waals surface area contributed by atoms with E-state index in [1.54, 1.807) is 12.1 Å². The Bertz CT molecular complexity index is 639. The first kappa shape index (κ1) is 16.5. The minimum atomic E-state index is -3.49. The van der Waals surface area contributed by atoms with Crippen LogP contribution in [0.2, 0.25) is 0 Å². The van der Waals surface area contributed by atoms with Gasteiger partial charge in [-0.3, -0.25) is 0 Å². The first-order valence-electron chi connectivity index (χ1n) is 6.89. The van der Waals surface area contributed by atoms with Gasteiger partial charge < -0.3 is 9.31 Å². The number of rotatable bonds is 3. The first-order chi connectivity index (χ1) is 9.48. The minimum Gasteiger partial charge on any atom is -0.399 e. The maximum Gasteiger partial charge on any atom is 0.494 e. The molecule has 0 spiro atoms. The summed E-state index contributed by atoms with van der Waals surface area (Å²) in [6.07, 6.45) is 0. The summed E-state index contributed by atoms with van der Waals surface area (Å²) in [6, 6.07) is 5.11. The smallest absolute Gasteiger partial charge is 0.399 e. The van der Waals surface area contributed by atoms with Crippen molar-refractivity contribution in [2.45, 2.75) is 50.7 Å². The highest BCUT2D eigenvalue weighted by Crippen LogP contribution is 2.36. The lowest BCUT2D eigenvalue weighted by Crippen LogP contribution is -2.41. The van der Waals surface area contributed by atoms with Crippen molar-refractivity contribution in [3.8, 4) is 0 Å². The van der Waals surface area contributed by atoms with E-state index in [0.717, 1.165) is 5.56 Å². The van der Waals surface area contributed by atoms with Crippen molar-refractivity contribution in [3.05, 3.63) is 23.8 Å². The van der Waals surface area contributed by atoms with Crippen LogP contribution in [0, 0.1) is 6.92 Å². The normalized spacial score (nSPS) is 20.8. The van der Waals surface area contributed by atoms with E-state index in [1.807, 2.05) is 40.7 Å². The van der Waals surface area contributed by atoms with Crippen LogP contribution in [-0.4, -0.2) is 33.8 Å². The molecule has 1 N–H and O–H groups in total. The van der Waals surface area contributed by atoms with Gasteiger partial charge in [-0.05, 0) is 59.3 Å². The van der Waals surface area contributed by atoms with Crippen molar-refractivity contribution >= 4 is 22.6 Å². The van der Waals surface area contributed by atoms with Gasteiger partial charge in [-0.25, -0.2) is 13.1 Å². The second-order valence-electron chi connectivity index (χ2n) is 6.38. The van der Waals surface area contributed by atoms with Crippen molar-refractivity contribution in [3.63, 3.8) is 0 Å². The third kappa shape index (κ3) is 3.01. The lowest BCUT2D eigenvalue weighted by atomic mass is 9.78. The van der Waals surface area contributed by atoms with E-state index in [9.17, 15) is 8.42 Å². The van der Waals surface area contributed by atoms with E-state index in [0.29, 0.717) is 5.46 Å². The molecule has 1 aliphatic rings. The van der Waals surface area contributed by atoms with Gasteiger partial charge in [-0.2, -0.15) is 0 Å². The van der Waals surface area contributed by atoms with Gasteiger partial charge in [0.1, 0.15) is 0 Å². The molecule has 2 rings (SSSR count). The molecule has 1 aromatic rings. The second kappa shape index (κ2) is 5.09. The predicted octanol–water partition coefficient (Wildman–Crippen LogP) is 1.20. The van der Waals surface area contributed by atoms with E-state index in [-0.39, 0.29) is 4.90 Å². The van der Waals surface area contributed by atoms with Crippen LogP contribution in [0.25, 0.3) is 0 Å². The SMILES string of the molecule is CNS(=O)(=O)c1cc(C)cc(B2OC(C)(C)C(C)(C)O2)c1. The molecule has 0 aromatic heterocycles. The largest absolute Gasteiger partial charge is 0.494 e. The van der Waals surface area contributed by atoms with Crippen LogP contribution in [-0.2, 0) is 19.3 Å². The molecule has 0 unspecified atom stereocenters. The van der Waals surface area contributed by atoms with Gasteiger partial charge in [0.05, 0.1) is 16.1 Å². The third-order valence-electron chi connectivity index (χ3n) is 4.18. The fourth-order valence-electron chi connectivity index (χ4n) is 2.16. The van der Waals surface area contributed by atoms with Gasteiger partial charge in [-0.15, -0.1) is 0 Å². The topological polar surface area (TPSA) is 64.6 Å². The standard InChI is InChI=1S/C14H22BNO4S/c1-10-7-11(9-12(8-10)21(17,18)16-6)15-19-13(2,3)14(4,5)20-15/h7-9,16H,1-6H3. The fraction of sp³-hybridized carbons (Fsp3) is 0.571. The van der Waals surface area contributed by atoms with E-state index >= 15 is 0 Å². The molecule has 0 aliphatic carbocycles. The summed E-state index contributed by atoms with van der Waals surface area (Å²) < 4.78 is 38.2. The Balaban J connectivity index is 2.44. The third-order valence-corrected chi connectivity index (χ3v) is 5.57. The van der Waals surface area contributed by atoms with Gasteiger partial charge in [0.15, 0.2) is 0 Å². The highest BCUT2D eigenvalue weighted by molar-refractivity contribution is 7.89. The average Bonchev–Trinajstić information content (AvgIpc) is 2.58. The maximum absolute atomic E-state index is 12.0. The molecule has 0 atom stereocenters. The summed E-state index contributed by atoms with van der Waals surface area (Å²) in [5.41, 5.74) is 0.644. The van der Waals surface area contributed by atoms with Crippen molar-refractivity contribution in [2.24, 2.45) is 0 Å². The van der Waals surface area contributed by atoms with E-state index < -0.39 is 28.3 Å². The Morgan fingerprint density at radius 3 is 2.05 bits per heavy atom. The second-order valence-corrected chi connectivity index (χ2v) is 8.26. The Morgan fingerprint density at radius 1 is 1.05 bits per heavy atom. The molecule has 1 fully saturated rings. The lowest BCUT2D eigenvalue weighted by molar-refractivity contribution is 0.00578. The van der Waals surface area contributed by atoms with Gasteiger partial charge in [0.2, 0.25) is 10.0 Å². The molecule has 1 aromatic carbocycles. The number of sulfonamides is 1. The maximum atomic E-state index is 12.0. The molecule has 0 radical (unpaired) electrons. The molecule has 21 heavy (non-hydrogen) atoms. The molecule has 1 saturated heterocycles. The minimum absolute atomic E-state index is 0.217. The summed E-state index contributed by atoms with van der Waals surface area (Å²) >= 11 is 0. The molecule has 0 bridgehead atoms. The van der Waals surface area contributed by atoms with Crippen molar-refractivity contribution in [2.75, 3.05) is 7.05 Å². The van der Waals surface area contributed by atoms with Gasteiger partial charge in [0.25, 0.3) is 0 Å². The number of hydrogen-bond donors (Lipinski definition) is 1. The summed E-state index contributed by atoms with van der Waals surface area (Å²) in [5, 5.41) is 0. The van der Waals surface area contributed by atoms with Crippen LogP contribution in [0.4, 0.5) is 0 Å².